The molecule has 11 heteroatoms. The van der Waals surface area contributed by atoms with Gasteiger partial charge in [-0.05, 0) is 37.8 Å². The van der Waals surface area contributed by atoms with Crippen molar-refractivity contribution in [2.75, 3.05) is 12.4 Å². The molecule has 1 fully saturated rings. The van der Waals surface area contributed by atoms with Crippen LogP contribution in [0.4, 0.5) is 19.0 Å². The van der Waals surface area contributed by atoms with Crippen LogP contribution in [0, 0.1) is 0 Å². The highest BCUT2D eigenvalue weighted by Gasteiger charge is 2.34. The van der Waals surface area contributed by atoms with Gasteiger partial charge in [-0.2, -0.15) is 18.3 Å². The van der Waals surface area contributed by atoms with E-state index in [1.807, 2.05) is 0 Å². The third-order valence-electron chi connectivity index (χ3n) is 4.82. The minimum Gasteiger partial charge on any atom is -0.368 e. The van der Waals surface area contributed by atoms with E-state index in [1.165, 1.54) is 23.7 Å². The topological polar surface area (TPSA) is 109 Å². The monoisotopic (exact) mass is 409 g/mol. The average Bonchev–Trinajstić information content (AvgIpc) is 3.13. The van der Waals surface area contributed by atoms with Crippen molar-refractivity contribution in [3.8, 4) is 0 Å². The van der Waals surface area contributed by atoms with Crippen molar-refractivity contribution in [3.05, 3.63) is 30.1 Å². The summed E-state index contributed by atoms with van der Waals surface area (Å²) in [6, 6.07) is 4.97. The number of nitrogens with zero attached hydrogens (tertiary/aromatic N) is 4. The molecule has 1 aliphatic rings. The Morgan fingerprint density at radius 3 is 2.59 bits per heavy atom. The second kappa shape index (κ2) is 8.50. The number of fused-ring (bicyclic) bond motifs is 1. The Bertz CT molecular complexity index is 927. The molecule has 156 valence electrons. The molecule has 3 rings (SSSR count). The number of amides is 1. The lowest BCUT2D eigenvalue weighted by atomic mass is 9.91. The van der Waals surface area contributed by atoms with E-state index in [2.05, 4.69) is 25.7 Å². The Hall–Kier alpha value is -3.11. The number of nitrogens with one attached hydrogen (secondary N) is 2. The number of hydrogen-bond acceptors (Lipinski definition) is 6. The van der Waals surface area contributed by atoms with Crippen LogP contribution in [0.25, 0.3) is 5.65 Å². The van der Waals surface area contributed by atoms with E-state index in [-0.39, 0.29) is 29.3 Å². The number of aliphatic imine (C=N–C) groups is 1. The molecule has 1 saturated carbocycles. The molecular weight excluding hydrogens is 387 g/mol. The van der Waals surface area contributed by atoms with Crippen molar-refractivity contribution in [2.24, 2.45) is 15.9 Å². The quantitative estimate of drug-likeness (QED) is 0.400. The van der Waals surface area contributed by atoms with Crippen LogP contribution >= 0.6 is 0 Å². The second-order valence-corrected chi connectivity index (χ2v) is 6.83. The average molecular weight is 409 g/mol. The molecule has 0 atom stereocenters. The van der Waals surface area contributed by atoms with Gasteiger partial charge >= 0.3 is 6.18 Å². The molecule has 0 aliphatic heterocycles. The summed E-state index contributed by atoms with van der Waals surface area (Å²) in [5.41, 5.74) is -0.638. The third kappa shape index (κ3) is 4.84. The lowest BCUT2D eigenvalue weighted by Gasteiger charge is -2.30. The molecule has 0 bridgehead atoms. The number of halogens is 3. The zero-order chi connectivity index (χ0) is 21.0. The first-order valence-electron chi connectivity index (χ1n) is 9.14. The van der Waals surface area contributed by atoms with Crippen LogP contribution in [0.15, 0.2) is 34.5 Å². The second-order valence-electron chi connectivity index (χ2n) is 6.83. The Morgan fingerprint density at radius 1 is 1.28 bits per heavy atom. The molecule has 0 radical (unpaired) electrons. The highest BCUT2D eigenvalue weighted by molar-refractivity contribution is 6.60. The number of anilines is 1. The fourth-order valence-corrected chi connectivity index (χ4v) is 3.39. The number of imidazole rings is 1. The van der Waals surface area contributed by atoms with Gasteiger partial charge in [-0.25, -0.2) is 4.98 Å². The Balaban J connectivity index is 1.61. The molecule has 2 heterocycles. The molecule has 1 amide bonds. The Kier molecular flexibility index (Phi) is 6.04. The number of alkyl halides is 3. The van der Waals surface area contributed by atoms with Gasteiger partial charge in [0.2, 0.25) is 0 Å². The Morgan fingerprint density at radius 2 is 1.97 bits per heavy atom. The molecular formula is C18H22F3N7O. The summed E-state index contributed by atoms with van der Waals surface area (Å²) in [4.78, 5) is 19.5. The molecule has 4 N–H and O–H groups in total. The maximum absolute atomic E-state index is 12.9. The van der Waals surface area contributed by atoms with Crippen LogP contribution in [0.3, 0.4) is 0 Å². The number of carbonyl (C=O) groups is 1. The van der Waals surface area contributed by atoms with Gasteiger partial charge in [-0.15, -0.1) is 0 Å². The van der Waals surface area contributed by atoms with Gasteiger partial charge in [-0.3, -0.25) is 14.2 Å². The van der Waals surface area contributed by atoms with Crippen LogP contribution in [0.1, 0.15) is 31.4 Å². The van der Waals surface area contributed by atoms with E-state index in [0.717, 1.165) is 31.9 Å². The minimum absolute atomic E-state index is 0.0246. The van der Waals surface area contributed by atoms with Crippen LogP contribution in [0.2, 0.25) is 0 Å². The molecule has 2 aromatic rings. The highest BCUT2D eigenvalue weighted by atomic mass is 19.4. The Labute approximate surface area is 165 Å². The van der Waals surface area contributed by atoms with Crippen LogP contribution < -0.4 is 16.5 Å². The number of nitrogens with two attached hydrogens (primary N) is 1. The van der Waals surface area contributed by atoms with Crippen molar-refractivity contribution >= 4 is 29.3 Å². The summed E-state index contributed by atoms with van der Waals surface area (Å²) in [7, 11) is 1.52. The smallest absolute Gasteiger partial charge is 0.368 e. The van der Waals surface area contributed by atoms with Gasteiger partial charge in [0.05, 0.1) is 6.21 Å². The predicted molar refractivity (Wildman–Crippen MR) is 104 cm³/mol. The summed E-state index contributed by atoms with van der Waals surface area (Å²) >= 11 is 0. The normalized spacial score (nSPS) is 20.9. The van der Waals surface area contributed by atoms with Gasteiger partial charge in [-0.1, -0.05) is 6.07 Å². The molecule has 8 nitrogen and oxygen atoms in total. The van der Waals surface area contributed by atoms with Gasteiger partial charge in [0.25, 0.3) is 5.91 Å². The number of hydrogen-bond donors (Lipinski definition) is 3. The lowest BCUT2D eigenvalue weighted by Crippen LogP contribution is -2.43. The predicted octanol–water partition coefficient (Wildman–Crippen LogP) is 2.21. The zero-order valence-corrected chi connectivity index (χ0v) is 15.8. The molecule has 1 aliphatic carbocycles. The number of carbonyl (C=O) groups excluding carboxylic acids is 1. The van der Waals surface area contributed by atoms with Gasteiger partial charge in [0, 0.05) is 25.3 Å². The summed E-state index contributed by atoms with van der Waals surface area (Å²) in [5, 5.41) is 9.59. The fourth-order valence-electron chi connectivity index (χ4n) is 3.39. The summed E-state index contributed by atoms with van der Waals surface area (Å²) < 4.78 is 40.2. The van der Waals surface area contributed by atoms with Crippen molar-refractivity contribution in [1.82, 2.24) is 14.7 Å². The fraction of sp³-hybridized carbons (Fsp3) is 0.444. The minimum atomic E-state index is -4.49. The SMILES string of the molecule is CN=C/C(=N\N)C(=O)NC1CCC(Nc2cccc3nc(C(F)(F)F)cn23)CC1. The first-order valence-corrected chi connectivity index (χ1v) is 9.14. The summed E-state index contributed by atoms with van der Waals surface area (Å²) in [5.74, 6) is 5.37. The number of pyridine rings is 1. The third-order valence-corrected chi connectivity index (χ3v) is 4.82. The molecule has 0 unspecified atom stereocenters. The summed E-state index contributed by atoms with van der Waals surface area (Å²) in [6.45, 7) is 0. The number of aromatic nitrogens is 2. The van der Waals surface area contributed by atoms with Crippen molar-refractivity contribution in [1.29, 1.82) is 0 Å². The van der Waals surface area contributed by atoms with E-state index >= 15 is 0 Å². The van der Waals surface area contributed by atoms with Crippen molar-refractivity contribution < 1.29 is 18.0 Å². The molecule has 0 spiro atoms. The lowest BCUT2D eigenvalue weighted by molar-refractivity contribution is -0.140. The molecule has 0 saturated heterocycles. The molecule has 29 heavy (non-hydrogen) atoms. The summed E-state index contributed by atoms with van der Waals surface area (Å²) in [6.07, 6.45) is 0.735. The van der Waals surface area contributed by atoms with E-state index in [1.54, 1.807) is 12.1 Å². The van der Waals surface area contributed by atoms with E-state index in [0.29, 0.717) is 5.82 Å². The number of hydrazone groups is 1. The van der Waals surface area contributed by atoms with Crippen LogP contribution in [0.5, 0.6) is 0 Å². The van der Waals surface area contributed by atoms with Gasteiger partial charge < -0.3 is 16.5 Å². The van der Waals surface area contributed by atoms with Crippen molar-refractivity contribution in [3.63, 3.8) is 0 Å². The van der Waals surface area contributed by atoms with Crippen molar-refractivity contribution in [2.45, 2.75) is 43.9 Å². The molecule has 0 aromatic carbocycles. The van der Waals surface area contributed by atoms with E-state index < -0.39 is 11.9 Å². The van der Waals surface area contributed by atoms with Crippen LogP contribution in [-0.2, 0) is 11.0 Å². The number of rotatable bonds is 5. The maximum atomic E-state index is 12.9. The van der Waals surface area contributed by atoms with E-state index in [9.17, 15) is 18.0 Å². The standard InChI is InChI=1S/C18H22F3N7O/c1-23-9-13(27-22)17(29)25-12-7-5-11(6-8-12)24-15-3-2-4-16-26-14(10-28(15)16)18(19,20)21/h2-4,9-12,24H,5-8,22H2,1H3,(H,25,29)/b23-9?,27-13+. The first-order chi connectivity index (χ1) is 13.8. The first kappa shape index (κ1) is 20.6. The zero-order valence-electron chi connectivity index (χ0n) is 15.8. The highest BCUT2D eigenvalue weighted by Crippen LogP contribution is 2.30. The largest absolute Gasteiger partial charge is 0.434 e. The van der Waals surface area contributed by atoms with Crippen LogP contribution in [-0.4, -0.2) is 46.3 Å². The van der Waals surface area contributed by atoms with Gasteiger partial charge in [0.1, 0.15) is 11.5 Å². The van der Waals surface area contributed by atoms with E-state index in [4.69, 9.17) is 5.84 Å². The van der Waals surface area contributed by atoms with Gasteiger partial charge in [0.15, 0.2) is 11.4 Å². The molecule has 2 aromatic heterocycles. The maximum Gasteiger partial charge on any atom is 0.434 e.